The van der Waals surface area contributed by atoms with Crippen molar-refractivity contribution < 1.29 is 14.4 Å². The molecule has 0 aliphatic carbocycles. The Balaban J connectivity index is 1.11. The van der Waals surface area contributed by atoms with Crippen molar-refractivity contribution >= 4 is 51.7 Å². The number of amides is 3. The molecule has 0 spiro atoms. The zero-order valence-corrected chi connectivity index (χ0v) is 24.7. The van der Waals surface area contributed by atoms with Crippen molar-refractivity contribution in [2.75, 3.05) is 59.4 Å². The first-order chi connectivity index (χ1) is 21.3. The van der Waals surface area contributed by atoms with E-state index in [0.717, 1.165) is 43.0 Å². The molecule has 2 heterocycles. The van der Waals surface area contributed by atoms with Crippen LogP contribution in [-0.4, -0.2) is 55.8 Å². The highest BCUT2D eigenvalue weighted by Crippen LogP contribution is 2.33. The first-order valence-electron chi connectivity index (χ1n) is 14.6. The molecule has 4 N–H and O–H groups in total. The van der Waals surface area contributed by atoms with Crippen LogP contribution in [0.1, 0.15) is 27.0 Å². The number of rotatable bonds is 7. The van der Waals surface area contributed by atoms with Gasteiger partial charge in [-0.15, -0.1) is 0 Å². The Morgan fingerprint density at radius 3 is 2.20 bits per heavy atom. The topological polar surface area (TPSA) is 106 Å². The van der Waals surface area contributed by atoms with Crippen LogP contribution in [0.4, 0.5) is 33.2 Å². The summed E-state index contributed by atoms with van der Waals surface area (Å²) in [6.45, 7) is 6.08. The Hall–Kier alpha value is -5.41. The van der Waals surface area contributed by atoms with E-state index in [9.17, 15) is 14.4 Å². The van der Waals surface area contributed by atoms with E-state index in [0.29, 0.717) is 33.8 Å². The summed E-state index contributed by atoms with van der Waals surface area (Å²) in [5.74, 6) is -0.461. The number of anilines is 5. The lowest BCUT2D eigenvalue weighted by atomic mass is 9.99. The van der Waals surface area contributed by atoms with E-state index in [4.69, 9.17) is 0 Å². The maximum Gasteiger partial charge on any atom is 0.323 e. The summed E-state index contributed by atoms with van der Waals surface area (Å²) in [6.07, 6.45) is 1.70. The highest BCUT2D eigenvalue weighted by atomic mass is 16.2. The summed E-state index contributed by atoms with van der Waals surface area (Å²) in [6, 6.07) is 27.2. The Labute approximate surface area is 256 Å². The van der Waals surface area contributed by atoms with Crippen molar-refractivity contribution in [2.24, 2.45) is 0 Å². The van der Waals surface area contributed by atoms with Gasteiger partial charge < -0.3 is 31.1 Å². The molecule has 3 amide bonds. The van der Waals surface area contributed by atoms with Gasteiger partial charge in [-0.25, -0.2) is 4.79 Å². The minimum atomic E-state index is -0.405. The fraction of sp³-hybridized carbons (Fsp3) is 0.171. The van der Waals surface area contributed by atoms with Gasteiger partial charge in [-0.1, -0.05) is 42.0 Å². The molecular formula is C35H34N6O3. The van der Waals surface area contributed by atoms with Gasteiger partial charge in [0.25, 0.3) is 5.91 Å². The predicted octanol–water partition coefficient (Wildman–Crippen LogP) is 6.03. The molecule has 1 saturated heterocycles. The fourth-order valence-electron chi connectivity index (χ4n) is 5.30. The lowest BCUT2D eigenvalue weighted by molar-refractivity contribution is -0.110. The minimum absolute atomic E-state index is 0.222. The van der Waals surface area contributed by atoms with Crippen molar-refractivity contribution in [3.8, 4) is 0 Å². The van der Waals surface area contributed by atoms with Gasteiger partial charge in [-0.2, -0.15) is 0 Å². The third kappa shape index (κ3) is 6.48. The second kappa shape index (κ2) is 12.4. The van der Waals surface area contributed by atoms with Gasteiger partial charge in [0.05, 0.1) is 5.57 Å². The summed E-state index contributed by atoms with van der Waals surface area (Å²) < 4.78 is 0. The number of piperazine rings is 1. The van der Waals surface area contributed by atoms with Crippen LogP contribution in [0.5, 0.6) is 0 Å². The number of nitrogens with zero attached hydrogens (tertiary/aromatic N) is 2. The van der Waals surface area contributed by atoms with Crippen molar-refractivity contribution in [2.45, 2.75) is 6.92 Å². The van der Waals surface area contributed by atoms with Crippen molar-refractivity contribution in [1.29, 1.82) is 0 Å². The second-order valence-corrected chi connectivity index (χ2v) is 11.1. The zero-order valence-electron chi connectivity index (χ0n) is 24.7. The molecule has 222 valence electrons. The number of carbonyl (C=O) groups excluding carboxylic acids is 3. The normalized spacial score (nSPS) is 15.5. The van der Waals surface area contributed by atoms with Crippen molar-refractivity contribution in [3.63, 3.8) is 0 Å². The standard InChI is InChI=1S/C35H34N6O3/c1-23-6-9-27(10-7-23)37-35(44)38-28-5-3-4-24(20-28)33(42)25-8-15-30-31(34(43)39-32(30)21-25)22-36-26-11-13-29(14-12-26)41-18-16-40(2)17-19-41/h3-15,20-22,36H,16-19H2,1-2H3,(H,39,43)(H2,37,38,44). The maximum atomic E-state index is 13.4. The monoisotopic (exact) mass is 586 g/mol. The molecule has 2 aliphatic rings. The van der Waals surface area contributed by atoms with Crippen LogP contribution in [-0.2, 0) is 4.79 Å². The summed E-state index contributed by atoms with van der Waals surface area (Å²) in [4.78, 5) is 43.4. The van der Waals surface area contributed by atoms with Crippen LogP contribution >= 0.6 is 0 Å². The highest BCUT2D eigenvalue weighted by molar-refractivity contribution is 6.32. The van der Waals surface area contributed by atoms with E-state index in [2.05, 4.69) is 50.2 Å². The Kier molecular flexibility index (Phi) is 8.12. The van der Waals surface area contributed by atoms with E-state index < -0.39 is 6.03 Å². The van der Waals surface area contributed by atoms with Crippen LogP contribution in [0.3, 0.4) is 0 Å². The molecule has 0 saturated carbocycles. The Bertz CT molecular complexity index is 1740. The van der Waals surface area contributed by atoms with Crippen LogP contribution in [0, 0.1) is 6.92 Å². The van der Waals surface area contributed by atoms with E-state index in [1.807, 2.05) is 43.3 Å². The zero-order chi connectivity index (χ0) is 30.6. The fourth-order valence-corrected chi connectivity index (χ4v) is 5.30. The number of fused-ring (bicyclic) bond motifs is 1. The molecule has 0 radical (unpaired) electrons. The van der Waals surface area contributed by atoms with Gasteiger partial charge in [0.2, 0.25) is 0 Å². The molecule has 4 aromatic carbocycles. The predicted molar refractivity (Wildman–Crippen MR) is 177 cm³/mol. The number of nitrogens with one attached hydrogen (secondary N) is 4. The molecule has 9 nitrogen and oxygen atoms in total. The third-order valence-electron chi connectivity index (χ3n) is 7.88. The second-order valence-electron chi connectivity index (χ2n) is 11.1. The molecule has 9 heteroatoms. The number of likely N-dealkylation sites (N-methyl/N-ethyl adjacent to an activating group) is 1. The Morgan fingerprint density at radius 2 is 1.45 bits per heavy atom. The smallest absolute Gasteiger partial charge is 0.323 e. The molecule has 0 unspecified atom stereocenters. The number of hydrogen-bond acceptors (Lipinski definition) is 6. The lowest BCUT2D eigenvalue weighted by Crippen LogP contribution is -2.44. The number of benzene rings is 4. The third-order valence-corrected chi connectivity index (χ3v) is 7.88. The number of hydrogen-bond donors (Lipinski definition) is 4. The van der Waals surface area contributed by atoms with Gasteiger partial charge in [-0.05, 0) is 68.6 Å². The number of urea groups is 1. The van der Waals surface area contributed by atoms with Crippen LogP contribution in [0.2, 0.25) is 0 Å². The maximum absolute atomic E-state index is 13.4. The van der Waals surface area contributed by atoms with E-state index in [1.165, 1.54) is 5.69 Å². The van der Waals surface area contributed by atoms with Gasteiger partial charge in [0.15, 0.2) is 5.78 Å². The average Bonchev–Trinajstić information content (AvgIpc) is 3.35. The van der Waals surface area contributed by atoms with E-state index >= 15 is 0 Å². The van der Waals surface area contributed by atoms with Crippen molar-refractivity contribution in [1.82, 2.24) is 4.90 Å². The van der Waals surface area contributed by atoms with Gasteiger partial charge >= 0.3 is 6.03 Å². The van der Waals surface area contributed by atoms with Crippen LogP contribution in [0.25, 0.3) is 5.57 Å². The number of aryl methyl sites for hydroxylation is 1. The van der Waals surface area contributed by atoms with Gasteiger partial charge in [0, 0.05) is 77.5 Å². The van der Waals surface area contributed by atoms with E-state index in [-0.39, 0.29) is 11.7 Å². The van der Waals surface area contributed by atoms with Gasteiger partial charge in [0.1, 0.15) is 0 Å². The molecule has 6 rings (SSSR count). The molecular weight excluding hydrogens is 552 g/mol. The first-order valence-corrected chi connectivity index (χ1v) is 14.6. The summed E-state index contributed by atoms with van der Waals surface area (Å²) in [5.41, 5.74) is 6.95. The number of ketones is 1. The largest absolute Gasteiger partial charge is 0.369 e. The van der Waals surface area contributed by atoms with E-state index in [1.54, 1.807) is 48.7 Å². The molecule has 4 aromatic rings. The summed E-state index contributed by atoms with van der Waals surface area (Å²) in [7, 11) is 2.14. The first kappa shape index (κ1) is 28.7. The molecule has 2 aliphatic heterocycles. The van der Waals surface area contributed by atoms with Crippen LogP contribution < -0.4 is 26.2 Å². The number of carbonyl (C=O) groups is 3. The Morgan fingerprint density at radius 1 is 0.773 bits per heavy atom. The SMILES string of the molecule is Cc1ccc(NC(=O)Nc2cccc(C(=O)c3ccc4c(c3)NC(=O)C4=CNc3ccc(N4CCN(C)CC4)cc3)c2)cc1. The quantitative estimate of drug-likeness (QED) is 0.156. The molecule has 0 bridgehead atoms. The van der Waals surface area contributed by atoms with Crippen LogP contribution in [0.15, 0.2) is 97.2 Å². The minimum Gasteiger partial charge on any atom is -0.369 e. The average molecular weight is 587 g/mol. The van der Waals surface area contributed by atoms with Crippen molar-refractivity contribution in [3.05, 3.63) is 119 Å². The molecule has 44 heavy (non-hydrogen) atoms. The van der Waals surface area contributed by atoms with Gasteiger partial charge in [-0.3, -0.25) is 9.59 Å². The lowest BCUT2D eigenvalue weighted by Gasteiger charge is -2.34. The summed E-state index contributed by atoms with van der Waals surface area (Å²) >= 11 is 0. The molecule has 0 atom stereocenters. The molecule has 1 fully saturated rings. The summed E-state index contributed by atoms with van der Waals surface area (Å²) in [5, 5.41) is 11.7. The molecule has 0 aromatic heterocycles. The highest BCUT2D eigenvalue weighted by Gasteiger charge is 2.25.